The van der Waals surface area contributed by atoms with Gasteiger partial charge in [-0.05, 0) is 37.9 Å². The number of allylic oxidation sites excluding steroid dienone is 1. The Morgan fingerprint density at radius 2 is 2.33 bits per heavy atom. The molecule has 1 saturated heterocycles. The predicted molar refractivity (Wildman–Crippen MR) is 73.6 cm³/mol. The van der Waals surface area contributed by atoms with E-state index in [-0.39, 0.29) is 12.0 Å². The highest BCUT2D eigenvalue weighted by Gasteiger charge is 2.48. The van der Waals surface area contributed by atoms with Crippen molar-refractivity contribution in [3.8, 4) is 0 Å². The number of nitrogens with one attached hydrogen (secondary N) is 2. The third-order valence-electron chi connectivity index (χ3n) is 4.30. The van der Waals surface area contributed by atoms with E-state index in [4.69, 9.17) is 5.11 Å². The Bertz CT molecular complexity index is 483. The fraction of sp³-hybridized carbons (Fsp3) is 0.467. The second-order valence-corrected chi connectivity index (χ2v) is 5.40. The molecular formula is C15H20N2O. The summed E-state index contributed by atoms with van der Waals surface area (Å²) in [4.78, 5) is 0. The van der Waals surface area contributed by atoms with Gasteiger partial charge >= 0.3 is 0 Å². The molecule has 0 aromatic heterocycles. The first-order valence-electron chi connectivity index (χ1n) is 6.62. The van der Waals surface area contributed by atoms with Crippen LogP contribution in [0.2, 0.25) is 0 Å². The first kappa shape index (κ1) is 11.8. The lowest BCUT2D eigenvalue weighted by atomic mass is 9.76. The highest BCUT2D eigenvalue weighted by atomic mass is 16.3. The van der Waals surface area contributed by atoms with Gasteiger partial charge in [-0.25, -0.2) is 0 Å². The van der Waals surface area contributed by atoms with Crippen molar-refractivity contribution in [3.05, 3.63) is 41.5 Å². The molecule has 1 fully saturated rings. The molecule has 96 valence electrons. The summed E-state index contributed by atoms with van der Waals surface area (Å²) in [6.07, 6.45) is 4.65. The molecule has 1 unspecified atom stereocenters. The van der Waals surface area contributed by atoms with E-state index in [9.17, 15) is 0 Å². The summed E-state index contributed by atoms with van der Waals surface area (Å²) in [7, 11) is 0. The average molecular weight is 244 g/mol. The number of para-hydroxylation sites is 1. The van der Waals surface area contributed by atoms with Gasteiger partial charge in [-0.2, -0.15) is 0 Å². The Kier molecular flexibility index (Phi) is 2.88. The monoisotopic (exact) mass is 244 g/mol. The van der Waals surface area contributed by atoms with Gasteiger partial charge in [0.25, 0.3) is 0 Å². The maximum absolute atomic E-state index is 9.14. The molecule has 3 N–H and O–H groups in total. The molecule has 1 aromatic rings. The van der Waals surface area contributed by atoms with Crippen LogP contribution in [0, 0.1) is 0 Å². The molecule has 2 aliphatic rings. The number of hydrogen-bond acceptors (Lipinski definition) is 3. The summed E-state index contributed by atoms with van der Waals surface area (Å²) in [5, 5.41) is 16.3. The fourth-order valence-corrected chi connectivity index (χ4v) is 3.21. The van der Waals surface area contributed by atoms with E-state index in [1.807, 2.05) is 6.92 Å². The van der Waals surface area contributed by atoms with E-state index in [0.717, 1.165) is 25.0 Å². The summed E-state index contributed by atoms with van der Waals surface area (Å²) < 4.78 is 0. The van der Waals surface area contributed by atoms with E-state index in [0.29, 0.717) is 6.17 Å². The van der Waals surface area contributed by atoms with Crippen LogP contribution in [0.5, 0.6) is 0 Å². The summed E-state index contributed by atoms with van der Waals surface area (Å²) in [6.45, 7) is 3.20. The Morgan fingerprint density at radius 1 is 1.50 bits per heavy atom. The van der Waals surface area contributed by atoms with E-state index in [1.54, 1.807) is 0 Å². The SMILES string of the molecule is C/C(=C\C[C@@]12CCNC1Nc1ccccc12)CO. The molecule has 2 aliphatic heterocycles. The zero-order valence-corrected chi connectivity index (χ0v) is 10.7. The van der Waals surface area contributed by atoms with Crippen LogP contribution >= 0.6 is 0 Å². The zero-order valence-electron chi connectivity index (χ0n) is 10.7. The van der Waals surface area contributed by atoms with E-state index >= 15 is 0 Å². The van der Waals surface area contributed by atoms with Crippen LogP contribution in [0.3, 0.4) is 0 Å². The van der Waals surface area contributed by atoms with Crippen molar-refractivity contribution in [1.29, 1.82) is 0 Å². The molecule has 3 rings (SSSR count). The number of aliphatic hydroxyl groups is 1. The van der Waals surface area contributed by atoms with Gasteiger partial charge in [0.1, 0.15) is 0 Å². The number of fused-ring (bicyclic) bond motifs is 3. The van der Waals surface area contributed by atoms with Crippen LogP contribution in [-0.4, -0.2) is 24.4 Å². The van der Waals surface area contributed by atoms with E-state index < -0.39 is 0 Å². The Balaban J connectivity index is 1.97. The zero-order chi connectivity index (χ0) is 12.6. The number of benzene rings is 1. The van der Waals surface area contributed by atoms with Gasteiger partial charge in [0, 0.05) is 11.1 Å². The van der Waals surface area contributed by atoms with E-state index in [1.165, 1.54) is 11.3 Å². The Hall–Kier alpha value is -1.32. The van der Waals surface area contributed by atoms with Gasteiger partial charge in [0.15, 0.2) is 0 Å². The average Bonchev–Trinajstić information content (AvgIpc) is 2.92. The lowest BCUT2D eigenvalue weighted by Crippen LogP contribution is -2.40. The van der Waals surface area contributed by atoms with Crippen molar-refractivity contribution in [2.24, 2.45) is 0 Å². The molecule has 0 aliphatic carbocycles. The molecule has 3 nitrogen and oxygen atoms in total. The topological polar surface area (TPSA) is 44.3 Å². The Morgan fingerprint density at radius 3 is 3.17 bits per heavy atom. The largest absolute Gasteiger partial charge is 0.392 e. The molecular weight excluding hydrogens is 224 g/mol. The Labute approximate surface area is 108 Å². The smallest absolute Gasteiger partial charge is 0.0871 e. The van der Waals surface area contributed by atoms with Gasteiger partial charge < -0.3 is 10.4 Å². The highest BCUT2D eigenvalue weighted by molar-refractivity contribution is 5.62. The van der Waals surface area contributed by atoms with Crippen molar-refractivity contribution in [2.75, 3.05) is 18.5 Å². The molecule has 2 atom stereocenters. The van der Waals surface area contributed by atoms with Crippen LogP contribution in [0.1, 0.15) is 25.3 Å². The molecule has 18 heavy (non-hydrogen) atoms. The molecule has 0 bridgehead atoms. The van der Waals surface area contributed by atoms with Crippen LogP contribution in [-0.2, 0) is 5.41 Å². The predicted octanol–water partition coefficient (Wildman–Crippen LogP) is 2.00. The normalized spacial score (nSPS) is 29.9. The first-order chi connectivity index (χ1) is 8.76. The summed E-state index contributed by atoms with van der Waals surface area (Å²) in [6, 6.07) is 8.58. The third kappa shape index (κ3) is 1.66. The second kappa shape index (κ2) is 4.41. The lowest BCUT2D eigenvalue weighted by molar-refractivity contribution is 0.329. The molecule has 0 amide bonds. The molecule has 0 saturated carbocycles. The van der Waals surface area contributed by atoms with Crippen molar-refractivity contribution in [1.82, 2.24) is 5.32 Å². The molecule has 2 heterocycles. The van der Waals surface area contributed by atoms with Crippen molar-refractivity contribution in [3.63, 3.8) is 0 Å². The van der Waals surface area contributed by atoms with Gasteiger partial charge in [-0.15, -0.1) is 0 Å². The number of rotatable bonds is 3. The van der Waals surface area contributed by atoms with Gasteiger partial charge in [0.2, 0.25) is 0 Å². The summed E-state index contributed by atoms with van der Waals surface area (Å²) in [5.41, 5.74) is 3.89. The van der Waals surface area contributed by atoms with Gasteiger partial charge in [-0.1, -0.05) is 29.8 Å². The van der Waals surface area contributed by atoms with Crippen LogP contribution in [0.15, 0.2) is 35.9 Å². The second-order valence-electron chi connectivity index (χ2n) is 5.40. The lowest BCUT2D eigenvalue weighted by Gasteiger charge is -2.28. The summed E-state index contributed by atoms with van der Waals surface area (Å²) in [5.74, 6) is 0. The van der Waals surface area contributed by atoms with E-state index in [2.05, 4.69) is 41.0 Å². The van der Waals surface area contributed by atoms with Crippen molar-refractivity contribution < 1.29 is 5.11 Å². The number of aliphatic hydroxyl groups excluding tert-OH is 1. The van der Waals surface area contributed by atoms with Crippen LogP contribution in [0.4, 0.5) is 5.69 Å². The first-order valence-corrected chi connectivity index (χ1v) is 6.62. The molecule has 0 spiro atoms. The summed E-state index contributed by atoms with van der Waals surface area (Å²) >= 11 is 0. The number of hydrogen-bond donors (Lipinski definition) is 3. The van der Waals surface area contributed by atoms with Crippen molar-refractivity contribution >= 4 is 5.69 Å². The minimum Gasteiger partial charge on any atom is -0.392 e. The highest BCUT2D eigenvalue weighted by Crippen LogP contribution is 2.47. The fourth-order valence-electron chi connectivity index (χ4n) is 3.21. The maximum Gasteiger partial charge on any atom is 0.0871 e. The molecule has 3 heteroatoms. The van der Waals surface area contributed by atoms with Crippen molar-refractivity contribution in [2.45, 2.75) is 31.3 Å². The maximum atomic E-state index is 9.14. The minimum absolute atomic E-state index is 0.156. The van der Waals surface area contributed by atoms with Gasteiger partial charge in [-0.3, -0.25) is 5.32 Å². The molecule has 1 aromatic carbocycles. The minimum atomic E-state index is 0.156. The standard InChI is InChI=1S/C15H20N2O/c1-11(10-18)6-7-15-8-9-16-14(15)17-13-5-3-2-4-12(13)15/h2-6,14,16-18H,7-10H2,1H3/b11-6+/t14?,15-/m0/s1. The third-order valence-corrected chi connectivity index (χ3v) is 4.30. The quantitative estimate of drug-likeness (QED) is 0.713. The molecule has 0 radical (unpaired) electrons. The van der Waals surface area contributed by atoms with Crippen LogP contribution < -0.4 is 10.6 Å². The number of anilines is 1. The van der Waals surface area contributed by atoms with Crippen LogP contribution in [0.25, 0.3) is 0 Å². The van der Waals surface area contributed by atoms with Gasteiger partial charge in [0.05, 0.1) is 12.8 Å².